The molecule has 2 aromatic heterocycles. The van der Waals surface area contributed by atoms with E-state index in [9.17, 15) is 23.9 Å². The molecule has 0 bridgehead atoms. The van der Waals surface area contributed by atoms with Crippen LogP contribution in [0.4, 0.5) is 9.18 Å². The van der Waals surface area contributed by atoms with Gasteiger partial charge in [0.2, 0.25) is 0 Å². The summed E-state index contributed by atoms with van der Waals surface area (Å²) in [5, 5.41) is 12.0. The minimum Gasteiger partial charge on any atom is -0.458 e. The highest BCUT2D eigenvalue weighted by Crippen LogP contribution is 2.41. The van der Waals surface area contributed by atoms with Gasteiger partial charge in [-0.3, -0.25) is 9.69 Å². The van der Waals surface area contributed by atoms with Crippen molar-refractivity contribution < 1.29 is 28.6 Å². The number of fused-ring (bicyclic) bond motifs is 5. The number of aromatic nitrogens is 2. The van der Waals surface area contributed by atoms with Gasteiger partial charge in [0.15, 0.2) is 5.60 Å². The molecular formula is C31H35FN4O6. The molecule has 42 heavy (non-hydrogen) atoms. The Hall–Kier alpha value is -3.83. The lowest BCUT2D eigenvalue weighted by atomic mass is 9.86. The van der Waals surface area contributed by atoms with Gasteiger partial charge < -0.3 is 24.0 Å². The molecule has 6 rings (SSSR count). The van der Waals surface area contributed by atoms with Crippen molar-refractivity contribution in [1.82, 2.24) is 19.4 Å². The molecule has 1 fully saturated rings. The van der Waals surface area contributed by atoms with E-state index in [1.54, 1.807) is 35.4 Å². The average Bonchev–Trinajstić information content (AvgIpc) is 3.30. The molecule has 3 aliphatic heterocycles. The fourth-order valence-corrected chi connectivity index (χ4v) is 6.11. The first-order valence-electron chi connectivity index (χ1n) is 14.3. The van der Waals surface area contributed by atoms with Gasteiger partial charge in [-0.2, -0.15) is 0 Å². The van der Waals surface area contributed by atoms with Gasteiger partial charge in [-0.1, -0.05) is 6.92 Å². The Morgan fingerprint density at radius 1 is 1.14 bits per heavy atom. The predicted octanol–water partition coefficient (Wildman–Crippen LogP) is 3.58. The molecule has 0 saturated carbocycles. The number of ether oxygens (including phenoxy) is 2. The van der Waals surface area contributed by atoms with Crippen molar-refractivity contribution in [1.29, 1.82) is 0 Å². The first-order chi connectivity index (χ1) is 19.8. The number of amides is 1. The summed E-state index contributed by atoms with van der Waals surface area (Å²) in [6.45, 7) is 11.7. The van der Waals surface area contributed by atoms with Gasteiger partial charge in [-0.25, -0.2) is 19.0 Å². The van der Waals surface area contributed by atoms with Gasteiger partial charge in [0.05, 0.1) is 29.0 Å². The third kappa shape index (κ3) is 4.55. The van der Waals surface area contributed by atoms with Gasteiger partial charge >= 0.3 is 12.1 Å². The second-order valence-corrected chi connectivity index (χ2v) is 12.4. The lowest BCUT2D eigenvalue weighted by Gasteiger charge is -2.36. The van der Waals surface area contributed by atoms with Crippen LogP contribution in [0, 0.1) is 12.7 Å². The lowest BCUT2D eigenvalue weighted by molar-refractivity contribution is -0.172. The number of halogens is 1. The number of aryl methyl sites for hydroxylation is 1. The molecule has 1 saturated heterocycles. The van der Waals surface area contributed by atoms with Crippen LogP contribution >= 0.6 is 0 Å². The Kier molecular flexibility index (Phi) is 6.65. The first-order valence-corrected chi connectivity index (χ1v) is 14.3. The van der Waals surface area contributed by atoms with Crippen molar-refractivity contribution in [3.05, 3.63) is 62.2 Å². The number of hydrogen-bond donors (Lipinski definition) is 1. The Morgan fingerprint density at radius 2 is 1.86 bits per heavy atom. The Balaban J connectivity index is 1.41. The number of rotatable bonds is 3. The third-order valence-electron chi connectivity index (χ3n) is 8.49. The van der Waals surface area contributed by atoms with Crippen LogP contribution in [-0.4, -0.2) is 68.3 Å². The van der Waals surface area contributed by atoms with E-state index in [4.69, 9.17) is 14.5 Å². The maximum atomic E-state index is 14.8. The number of nitrogens with zero attached hydrogens (tertiary/aromatic N) is 4. The van der Waals surface area contributed by atoms with Crippen molar-refractivity contribution in [3.63, 3.8) is 0 Å². The van der Waals surface area contributed by atoms with Crippen molar-refractivity contribution in [2.45, 2.75) is 71.9 Å². The second kappa shape index (κ2) is 9.88. The summed E-state index contributed by atoms with van der Waals surface area (Å²) >= 11 is 0. The zero-order valence-corrected chi connectivity index (χ0v) is 24.5. The molecule has 3 aliphatic rings. The van der Waals surface area contributed by atoms with Crippen molar-refractivity contribution in [3.8, 4) is 11.4 Å². The Morgan fingerprint density at radius 3 is 2.52 bits per heavy atom. The molecule has 1 amide bonds. The van der Waals surface area contributed by atoms with Crippen LogP contribution in [0.25, 0.3) is 22.3 Å². The lowest BCUT2D eigenvalue weighted by Crippen LogP contribution is -2.49. The first kappa shape index (κ1) is 28.3. The van der Waals surface area contributed by atoms with E-state index in [0.717, 1.165) is 16.5 Å². The quantitative estimate of drug-likeness (QED) is 0.367. The number of esters is 1. The summed E-state index contributed by atoms with van der Waals surface area (Å²) in [4.78, 5) is 47.6. The molecule has 0 unspecified atom stereocenters. The van der Waals surface area contributed by atoms with Crippen LogP contribution in [0.5, 0.6) is 0 Å². The van der Waals surface area contributed by atoms with E-state index >= 15 is 0 Å². The van der Waals surface area contributed by atoms with Crippen molar-refractivity contribution >= 4 is 23.0 Å². The molecule has 0 radical (unpaired) electrons. The highest BCUT2D eigenvalue weighted by Gasteiger charge is 2.45. The highest BCUT2D eigenvalue weighted by atomic mass is 19.1. The number of cyclic esters (lactones) is 1. The van der Waals surface area contributed by atoms with E-state index in [0.29, 0.717) is 55.2 Å². The number of benzene rings is 1. The van der Waals surface area contributed by atoms with Crippen LogP contribution in [0.2, 0.25) is 0 Å². The van der Waals surface area contributed by atoms with Crippen LogP contribution in [0.1, 0.15) is 61.9 Å². The highest BCUT2D eigenvalue weighted by molar-refractivity contribution is 5.89. The number of carbonyl (C=O) groups is 2. The summed E-state index contributed by atoms with van der Waals surface area (Å²) in [5.74, 6) is -1.16. The largest absolute Gasteiger partial charge is 0.458 e. The average molecular weight is 579 g/mol. The van der Waals surface area contributed by atoms with Gasteiger partial charge in [-0.15, -0.1) is 0 Å². The van der Waals surface area contributed by atoms with Crippen LogP contribution < -0.4 is 5.56 Å². The molecule has 5 heterocycles. The fraction of sp³-hybridized carbons (Fsp3) is 0.484. The van der Waals surface area contributed by atoms with Crippen molar-refractivity contribution in [2.24, 2.45) is 0 Å². The predicted molar refractivity (Wildman–Crippen MR) is 152 cm³/mol. The summed E-state index contributed by atoms with van der Waals surface area (Å²) in [6.07, 6.45) is -0.290. The van der Waals surface area contributed by atoms with Gasteiger partial charge in [0, 0.05) is 55.3 Å². The number of aliphatic hydroxyl groups is 1. The number of pyridine rings is 2. The second-order valence-electron chi connectivity index (χ2n) is 12.4. The van der Waals surface area contributed by atoms with Crippen LogP contribution in [0.3, 0.4) is 0 Å². The fourth-order valence-electron chi connectivity index (χ4n) is 6.11. The molecular weight excluding hydrogens is 543 g/mol. The zero-order chi connectivity index (χ0) is 30.1. The monoisotopic (exact) mass is 578 g/mol. The number of piperazine rings is 1. The molecule has 0 spiro atoms. The zero-order valence-electron chi connectivity index (χ0n) is 24.5. The van der Waals surface area contributed by atoms with E-state index in [1.807, 2.05) is 20.8 Å². The summed E-state index contributed by atoms with van der Waals surface area (Å²) < 4.78 is 27.1. The SMILES string of the molecule is CC[C@@]1(O)C(=O)OCc2c1cc1n(c2=O)Cc2c-1nc1cc(F)c(C)cc1c2CN1CCN(C(=O)OC(C)(C)C)CC1. The maximum Gasteiger partial charge on any atom is 0.410 e. The van der Waals surface area contributed by atoms with Crippen LogP contribution in [0.15, 0.2) is 23.0 Å². The van der Waals surface area contributed by atoms with Crippen molar-refractivity contribution in [2.75, 3.05) is 26.2 Å². The van der Waals surface area contributed by atoms with Crippen LogP contribution in [-0.2, 0) is 39.6 Å². The van der Waals surface area contributed by atoms with E-state index < -0.39 is 17.2 Å². The van der Waals surface area contributed by atoms with Gasteiger partial charge in [0.25, 0.3) is 5.56 Å². The molecule has 1 aromatic carbocycles. The van der Waals surface area contributed by atoms with Gasteiger partial charge in [0.1, 0.15) is 18.0 Å². The molecule has 0 aliphatic carbocycles. The molecule has 3 aromatic rings. The minimum atomic E-state index is -1.93. The van der Waals surface area contributed by atoms with E-state index in [-0.39, 0.29) is 48.2 Å². The standard InChI is InChI=1S/C31H35FN4O6/c1-6-31(40)22-12-25-26-20(15-36(25)27(37)21(22)16-41-28(31)38)19(18-11-17(2)23(32)13-24(18)33-26)14-34-7-9-35(10-8-34)29(39)42-30(3,4)5/h11-13,40H,6-10,14-16H2,1-5H3/t31-/m0/s1. The number of carbonyl (C=O) groups excluding carboxylic acids is 2. The Labute approximate surface area is 242 Å². The molecule has 222 valence electrons. The molecule has 1 atom stereocenters. The van der Waals surface area contributed by atoms with Gasteiger partial charge in [-0.05, 0) is 57.4 Å². The maximum absolute atomic E-state index is 14.8. The summed E-state index contributed by atoms with van der Waals surface area (Å²) in [5.41, 5.74) is 1.39. The molecule has 11 heteroatoms. The molecule has 10 nitrogen and oxygen atoms in total. The third-order valence-corrected chi connectivity index (χ3v) is 8.49. The Bertz CT molecular complexity index is 1700. The summed E-state index contributed by atoms with van der Waals surface area (Å²) in [6, 6.07) is 4.87. The number of hydrogen-bond acceptors (Lipinski definition) is 8. The minimum absolute atomic E-state index is 0.0464. The molecule has 1 N–H and O–H groups in total. The summed E-state index contributed by atoms with van der Waals surface area (Å²) in [7, 11) is 0. The smallest absolute Gasteiger partial charge is 0.410 e. The van der Waals surface area contributed by atoms with E-state index in [1.165, 1.54) is 6.07 Å². The normalized spacial score (nSPS) is 20.3. The topological polar surface area (TPSA) is 114 Å². The van der Waals surface area contributed by atoms with E-state index in [2.05, 4.69) is 4.90 Å².